The molecule has 3 aromatic heterocycles. The summed E-state index contributed by atoms with van der Waals surface area (Å²) in [5, 5.41) is 13.5. The molecule has 0 aliphatic carbocycles. The van der Waals surface area contributed by atoms with Crippen molar-refractivity contribution in [3.63, 3.8) is 0 Å². The van der Waals surface area contributed by atoms with Crippen LogP contribution < -0.4 is 0 Å². The van der Waals surface area contributed by atoms with Gasteiger partial charge in [-0.1, -0.05) is 126 Å². The minimum atomic E-state index is -0.0388. The monoisotopic (exact) mass is 781 g/mol. The molecule has 4 heteroatoms. The van der Waals surface area contributed by atoms with Crippen molar-refractivity contribution in [3.8, 4) is 67.5 Å². The predicted molar refractivity (Wildman–Crippen MR) is 252 cm³/mol. The lowest BCUT2D eigenvalue weighted by Crippen LogP contribution is -2.16. The minimum absolute atomic E-state index is 0.0388. The first-order chi connectivity index (χ1) is 28.7. The largest absolute Gasteiger partial charge is 0.507 e. The molecule has 0 aliphatic rings. The van der Waals surface area contributed by atoms with Crippen LogP contribution in [-0.4, -0.2) is 19.6 Å². The summed E-state index contributed by atoms with van der Waals surface area (Å²) in [6.07, 6.45) is 1.88. The number of benzene rings is 6. The van der Waals surface area contributed by atoms with E-state index >= 15 is 0 Å². The normalized spacial score (nSPS) is 12.1. The molecule has 6 aromatic carbocycles. The third-order valence-corrected chi connectivity index (χ3v) is 11.7. The van der Waals surface area contributed by atoms with Crippen LogP contribution in [0.1, 0.15) is 63.8 Å². The highest BCUT2D eigenvalue weighted by Crippen LogP contribution is 2.41. The van der Waals surface area contributed by atoms with Gasteiger partial charge < -0.3 is 9.67 Å². The SMILES string of the molecule is Cc1cc(C)cc(-n2c3ccccc3c3cc(-c4cccnc4-c4cccc(-c5cc(-c6cc(C(C)(C)C)cc(C(C)(C)C)c6)cc(-c6ccccc6O)n5)c4)ccc32)c1. The van der Waals surface area contributed by atoms with E-state index in [2.05, 4.69) is 181 Å². The van der Waals surface area contributed by atoms with Crippen LogP contribution in [-0.2, 0) is 10.8 Å². The fraction of sp³-hybridized carbons (Fsp3) is 0.179. The molecule has 0 unspecified atom stereocenters. The van der Waals surface area contributed by atoms with Crippen molar-refractivity contribution in [2.45, 2.75) is 66.2 Å². The number of hydrogen-bond donors (Lipinski definition) is 1. The van der Waals surface area contributed by atoms with Crippen LogP contribution in [0.2, 0.25) is 0 Å². The average molecular weight is 782 g/mol. The Balaban J connectivity index is 1.19. The molecule has 0 radical (unpaired) electrons. The lowest BCUT2D eigenvalue weighted by Gasteiger charge is -2.26. The van der Waals surface area contributed by atoms with E-state index in [1.807, 2.05) is 30.5 Å². The number of hydrogen-bond acceptors (Lipinski definition) is 3. The van der Waals surface area contributed by atoms with Crippen molar-refractivity contribution in [2.24, 2.45) is 0 Å². The van der Waals surface area contributed by atoms with E-state index in [1.165, 1.54) is 49.7 Å². The second kappa shape index (κ2) is 14.8. The van der Waals surface area contributed by atoms with Gasteiger partial charge in [0.2, 0.25) is 0 Å². The van der Waals surface area contributed by atoms with Gasteiger partial charge in [-0.25, -0.2) is 4.98 Å². The second-order valence-electron chi connectivity index (χ2n) is 18.4. The van der Waals surface area contributed by atoms with E-state index in [0.717, 1.165) is 50.5 Å². The van der Waals surface area contributed by atoms with Crippen LogP contribution in [0.5, 0.6) is 5.75 Å². The number of phenols is 1. The molecule has 9 rings (SSSR count). The van der Waals surface area contributed by atoms with Crippen LogP contribution in [0.15, 0.2) is 158 Å². The van der Waals surface area contributed by atoms with E-state index in [1.54, 1.807) is 6.07 Å². The molecule has 0 saturated carbocycles. The summed E-state index contributed by atoms with van der Waals surface area (Å²) in [6, 6.07) is 53.7. The molecule has 0 atom stereocenters. The van der Waals surface area contributed by atoms with Crippen molar-refractivity contribution in [3.05, 3.63) is 180 Å². The molecule has 0 amide bonds. The molecule has 0 spiro atoms. The van der Waals surface area contributed by atoms with Crippen molar-refractivity contribution in [1.29, 1.82) is 0 Å². The Morgan fingerprint density at radius 1 is 0.467 bits per heavy atom. The highest BCUT2D eigenvalue weighted by Gasteiger charge is 2.22. The molecule has 0 fully saturated rings. The zero-order chi connectivity index (χ0) is 41.9. The van der Waals surface area contributed by atoms with E-state index in [9.17, 15) is 5.11 Å². The van der Waals surface area contributed by atoms with Gasteiger partial charge in [-0.15, -0.1) is 0 Å². The van der Waals surface area contributed by atoms with Crippen molar-refractivity contribution < 1.29 is 5.11 Å². The predicted octanol–water partition coefficient (Wildman–Crippen LogP) is 14.8. The van der Waals surface area contributed by atoms with E-state index < -0.39 is 0 Å². The zero-order valence-electron chi connectivity index (χ0n) is 35.8. The summed E-state index contributed by atoms with van der Waals surface area (Å²) >= 11 is 0. The molecule has 0 saturated heterocycles. The molecule has 0 bridgehead atoms. The summed E-state index contributed by atoms with van der Waals surface area (Å²) in [4.78, 5) is 10.3. The smallest absolute Gasteiger partial charge is 0.124 e. The van der Waals surface area contributed by atoms with Crippen LogP contribution in [0.4, 0.5) is 0 Å². The number of aromatic nitrogens is 3. The zero-order valence-corrected chi connectivity index (χ0v) is 35.8. The van der Waals surface area contributed by atoms with Gasteiger partial charge in [-0.2, -0.15) is 0 Å². The van der Waals surface area contributed by atoms with Gasteiger partial charge >= 0.3 is 0 Å². The summed E-state index contributed by atoms with van der Waals surface area (Å²) in [6.45, 7) is 17.9. The van der Waals surface area contributed by atoms with Gasteiger partial charge in [0.25, 0.3) is 0 Å². The first-order valence-electron chi connectivity index (χ1n) is 20.9. The molecular formula is C56H51N3O. The quantitative estimate of drug-likeness (QED) is 0.183. The first-order valence-corrected chi connectivity index (χ1v) is 20.9. The average Bonchev–Trinajstić information content (AvgIpc) is 3.56. The molecule has 9 aromatic rings. The maximum absolute atomic E-state index is 11.1. The number of nitrogens with zero attached hydrogens (tertiary/aromatic N) is 3. The Morgan fingerprint density at radius 3 is 1.83 bits per heavy atom. The van der Waals surface area contributed by atoms with Crippen LogP contribution >= 0.6 is 0 Å². The molecule has 60 heavy (non-hydrogen) atoms. The molecule has 4 nitrogen and oxygen atoms in total. The van der Waals surface area contributed by atoms with Gasteiger partial charge in [-0.3, -0.25) is 4.98 Å². The number of aromatic hydroxyl groups is 1. The number of fused-ring (bicyclic) bond motifs is 3. The van der Waals surface area contributed by atoms with Crippen molar-refractivity contribution in [2.75, 3.05) is 0 Å². The van der Waals surface area contributed by atoms with E-state index in [-0.39, 0.29) is 16.6 Å². The van der Waals surface area contributed by atoms with Crippen molar-refractivity contribution in [1.82, 2.24) is 14.5 Å². The maximum Gasteiger partial charge on any atom is 0.124 e. The van der Waals surface area contributed by atoms with E-state index in [4.69, 9.17) is 9.97 Å². The second-order valence-corrected chi connectivity index (χ2v) is 18.4. The Morgan fingerprint density at radius 2 is 1.10 bits per heavy atom. The number of phenolic OH excluding ortho intramolecular Hbond substituents is 1. The lowest BCUT2D eigenvalue weighted by molar-refractivity contribution is 0.477. The van der Waals surface area contributed by atoms with Crippen LogP contribution in [0.25, 0.3) is 83.5 Å². The Kier molecular flexibility index (Phi) is 9.55. The van der Waals surface area contributed by atoms with Crippen LogP contribution in [0, 0.1) is 13.8 Å². The van der Waals surface area contributed by atoms with Gasteiger partial charge in [0.15, 0.2) is 0 Å². The highest BCUT2D eigenvalue weighted by molar-refractivity contribution is 6.10. The number of rotatable bonds is 6. The summed E-state index contributed by atoms with van der Waals surface area (Å²) in [7, 11) is 0. The maximum atomic E-state index is 11.1. The Bertz CT molecular complexity index is 3050. The topological polar surface area (TPSA) is 50.9 Å². The minimum Gasteiger partial charge on any atom is -0.507 e. The summed E-state index contributed by atoms with van der Waals surface area (Å²) in [5.41, 5.74) is 18.0. The molecule has 1 N–H and O–H groups in total. The molecule has 3 heterocycles. The summed E-state index contributed by atoms with van der Waals surface area (Å²) in [5.74, 6) is 0.202. The summed E-state index contributed by atoms with van der Waals surface area (Å²) < 4.78 is 2.38. The van der Waals surface area contributed by atoms with Gasteiger partial charge in [-0.05, 0) is 130 Å². The lowest BCUT2D eigenvalue weighted by atomic mass is 9.79. The fourth-order valence-corrected chi connectivity index (χ4v) is 8.53. The number of pyridine rings is 2. The third kappa shape index (κ3) is 7.28. The first kappa shape index (κ1) is 38.7. The van der Waals surface area contributed by atoms with Crippen LogP contribution in [0.3, 0.4) is 0 Å². The highest BCUT2D eigenvalue weighted by atomic mass is 16.3. The fourth-order valence-electron chi connectivity index (χ4n) is 8.53. The van der Waals surface area contributed by atoms with Gasteiger partial charge in [0.1, 0.15) is 5.75 Å². The van der Waals surface area contributed by atoms with Crippen molar-refractivity contribution >= 4 is 21.8 Å². The third-order valence-electron chi connectivity index (χ3n) is 11.7. The van der Waals surface area contributed by atoms with Gasteiger partial charge in [0, 0.05) is 44.9 Å². The number of aryl methyl sites for hydroxylation is 2. The molecule has 0 aliphatic heterocycles. The standard InChI is InChI=1S/C56H51N3O/c1-35-25-36(2)27-44(26-35)59-51-20-11-9-17-46(51)48-31-37(22-23-52(48)59)45-19-14-24-57-54(45)39-16-13-15-38(28-39)49-32-41(33-50(58-49)47-18-10-12-21-53(47)60)40-29-42(55(3,4)5)34-43(30-40)56(6,7)8/h9-34,60H,1-8H3. The van der Waals surface area contributed by atoms with E-state index in [0.29, 0.717) is 5.56 Å². The Labute approximate surface area is 353 Å². The number of para-hydroxylation sites is 2. The molecular weight excluding hydrogens is 731 g/mol. The molecule has 296 valence electrons. The Hall–Kier alpha value is -6.78. The van der Waals surface area contributed by atoms with Gasteiger partial charge in [0.05, 0.1) is 28.1 Å².